The van der Waals surface area contributed by atoms with Gasteiger partial charge in [-0.3, -0.25) is 4.79 Å². The molecule has 26 heavy (non-hydrogen) atoms. The zero-order chi connectivity index (χ0) is 18.1. The predicted octanol–water partition coefficient (Wildman–Crippen LogP) is 3.40. The van der Waals surface area contributed by atoms with Gasteiger partial charge < -0.3 is 14.2 Å². The highest BCUT2D eigenvalue weighted by Crippen LogP contribution is 2.21. The summed E-state index contributed by atoms with van der Waals surface area (Å²) in [5.74, 6) is 0.414. The Bertz CT molecular complexity index is 928. The molecule has 1 fully saturated rings. The van der Waals surface area contributed by atoms with Gasteiger partial charge in [-0.05, 0) is 42.5 Å². The lowest BCUT2D eigenvalue weighted by Crippen LogP contribution is -2.41. The van der Waals surface area contributed by atoms with Gasteiger partial charge in [0.1, 0.15) is 17.7 Å². The molecule has 0 spiro atoms. The molecule has 5 nitrogen and oxygen atoms in total. The number of hydrogen-bond acceptors (Lipinski definition) is 3. The monoisotopic (exact) mass is 353 g/mol. The van der Waals surface area contributed by atoms with Crippen molar-refractivity contribution in [3.05, 3.63) is 60.2 Å². The van der Waals surface area contributed by atoms with Crippen molar-refractivity contribution in [3.63, 3.8) is 0 Å². The first kappa shape index (κ1) is 16.6. The molecule has 0 saturated carbocycles. The number of aromatic nitrogens is 2. The summed E-state index contributed by atoms with van der Waals surface area (Å²) in [6, 6.07) is 11.7. The molecule has 1 saturated heterocycles. The van der Waals surface area contributed by atoms with E-state index in [9.17, 15) is 9.18 Å². The molecule has 0 N–H and O–H groups in total. The number of aryl methyl sites for hydroxylation is 1. The number of benzene rings is 2. The van der Waals surface area contributed by atoms with Crippen molar-refractivity contribution >= 4 is 16.9 Å². The van der Waals surface area contributed by atoms with E-state index in [0.29, 0.717) is 24.4 Å². The fourth-order valence-electron chi connectivity index (χ4n) is 3.33. The molecule has 1 aliphatic heterocycles. The SMILES string of the molecule is Cn1cnc2cc(C(=O)N3CCC(Oc4ccc(F)cc4)CC3)ccc21. The highest BCUT2D eigenvalue weighted by molar-refractivity contribution is 5.97. The number of halogens is 1. The third kappa shape index (κ3) is 3.27. The lowest BCUT2D eigenvalue weighted by molar-refractivity contribution is 0.0595. The number of ether oxygens (including phenoxy) is 1. The van der Waals surface area contributed by atoms with Crippen molar-refractivity contribution < 1.29 is 13.9 Å². The number of piperidine rings is 1. The van der Waals surface area contributed by atoms with Gasteiger partial charge in [0.2, 0.25) is 0 Å². The van der Waals surface area contributed by atoms with E-state index in [4.69, 9.17) is 4.74 Å². The third-order valence-electron chi connectivity index (χ3n) is 4.82. The predicted molar refractivity (Wildman–Crippen MR) is 96.7 cm³/mol. The fourth-order valence-corrected chi connectivity index (χ4v) is 3.33. The van der Waals surface area contributed by atoms with E-state index in [2.05, 4.69) is 4.98 Å². The molecule has 2 aromatic carbocycles. The summed E-state index contributed by atoms with van der Waals surface area (Å²) in [6.07, 6.45) is 3.31. The number of nitrogens with zero attached hydrogens (tertiary/aromatic N) is 3. The maximum Gasteiger partial charge on any atom is 0.253 e. The number of carbonyl (C=O) groups excluding carboxylic acids is 1. The summed E-state index contributed by atoms with van der Waals surface area (Å²) in [6.45, 7) is 1.29. The van der Waals surface area contributed by atoms with E-state index < -0.39 is 0 Å². The van der Waals surface area contributed by atoms with Crippen molar-refractivity contribution in [1.29, 1.82) is 0 Å². The average molecular weight is 353 g/mol. The lowest BCUT2D eigenvalue weighted by Gasteiger charge is -2.32. The first-order chi connectivity index (χ1) is 12.6. The van der Waals surface area contributed by atoms with E-state index in [1.54, 1.807) is 18.5 Å². The maximum atomic E-state index is 13.0. The Balaban J connectivity index is 1.38. The van der Waals surface area contributed by atoms with Gasteiger partial charge in [0.05, 0.1) is 17.4 Å². The quantitative estimate of drug-likeness (QED) is 0.725. The molecule has 0 bridgehead atoms. The molecular formula is C20H20FN3O2. The number of amides is 1. The topological polar surface area (TPSA) is 47.4 Å². The van der Waals surface area contributed by atoms with Crippen molar-refractivity contribution in [1.82, 2.24) is 14.5 Å². The first-order valence-corrected chi connectivity index (χ1v) is 8.73. The zero-order valence-electron chi connectivity index (χ0n) is 14.6. The van der Waals surface area contributed by atoms with Crippen LogP contribution < -0.4 is 4.74 Å². The van der Waals surface area contributed by atoms with Crippen LogP contribution in [0, 0.1) is 5.82 Å². The van der Waals surface area contributed by atoms with Crippen LogP contribution in [0.3, 0.4) is 0 Å². The summed E-state index contributed by atoms with van der Waals surface area (Å²) in [5.41, 5.74) is 2.50. The molecule has 0 unspecified atom stereocenters. The summed E-state index contributed by atoms with van der Waals surface area (Å²) in [7, 11) is 1.93. The van der Waals surface area contributed by atoms with Crippen LogP contribution in [-0.2, 0) is 7.05 Å². The van der Waals surface area contributed by atoms with Crippen LogP contribution in [0.5, 0.6) is 5.75 Å². The van der Waals surface area contributed by atoms with E-state index in [-0.39, 0.29) is 17.8 Å². The van der Waals surface area contributed by atoms with Gasteiger partial charge in [-0.15, -0.1) is 0 Å². The number of carbonyl (C=O) groups is 1. The first-order valence-electron chi connectivity index (χ1n) is 8.73. The summed E-state index contributed by atoms with van der Waals surface area (Å²) < 4.78 is 20.8. The number of hydrogen-bond donors (Lipinski definition) is 0. The second-order valence-electron chi connectivity index (χ2n) is 6.62. The van der Waals surface area contributed by atoms with Crippen LogP contribution in [0.2, 0.25) is 0 Å². The Hall–Kier alpha value is -2.89. The summed E-state index contributed by atoms with van der Waals surface area (Å²) in [5, 5.41) is 0. The molecule has 1 amide bonds. The fraction of sp³-hybridized carbons (Fsp3) is 0.300. The maximum absolute atomic E-state index is 13.0. The van der Waals surface area contributed by atoms with Crippen LogP contribution in [0.1, 0.15) is 23.2 Å². The number of imidazole rings is 1. The summed E-state index contributed by atoms with van der Waals surface area (Å²) >= 11 is 0. The smallest absolute Gasteiger partial charge is 0.253 e. The minimum atomic E-state index is -0.275. The third-order valence-corrected chi connectivity index (χ3v) is 4.82. The highest BCUT2D eigenvalue weighted by Gasteiger charge is 2.25. The summed E-state index contributed by atoms with van der Waals surface area (Å²) in [4.78, 5) is 18.9. The Kier molecular flexibility index (Phi) is 4.32. The molecule has 1 aromatic heterocycles. The van der Waals surface area contributed by atoms with Crippen LogP contribution in [0.4, 0.5) is 4.39 Å². The Morgan fingerprint density at radius 2 is 1.88 bits per heavy atom. The van der Waals surface area contributed by atoms with Crippen molar-refractivity contribution in [2.24, 2.45) is 7.05 Å². The van der Waals surface area contributed by atoms with Crippen LogP contribution in [0.25, 0.3) is 11.0 Å². The Labute approximate surface area is 151 Å². The minimum absolute atomic E-state index is 0.0257. The standard InChI is InChI=1S/C20H20FN3O2/c1-23-13-22-18-12-14(2-7-19(18)23)20(25)24-10-8-17(9-11-24)26-16-5-3-15(21)4-6-16/h2-7,12-13,17H,8-11H2,1H3. The Morgan fingerprint density at radius 3 is 2.62 bits per heavy atom. The van der Waals surface area contributed by atoms with E-state index in [1.807, 2.05) is 34.7 Å². The number of fused-ring (bicyclic) bond motifs is 1. The molecule has 1 aliphatic rings. The van der Waals surface area contributed by atoms with Gasteiger partial charge in [0.15, 0.2) is 0 Å². The molecular weight excluding hydrogens is 333 g/mol. The van der Waals surface area contributed by atoms with E-state index >= 15 is 0 Å². The molecule has 0 atom stereocenters. The van der Waals surface area contributed by atoms with Gasteiger partial charge >= 0.3 is 0 Å². The minimum Gasteiger partial charge on any atom is -0.490 e. The van der Waals surface area contributed by atoms with Crippen LogP contribution in [-0.4, -0.2) is 39.6 Å². The van der Waals surface area contributed by atoms with Gasteiger partial charge in [-0.1, -0.05) is 0 Å². The van der Waals surface area contributed by atoms with Gasteiger partial charge in [-0.25, -0.2) is 9.37 Å². The van der Waals surface area contributed by atoms with Crippen molar-refractivity contribution in [2.75, 3.05) is 13.1 Å². The number of likely N-dealkylation sites (tertiary alicyclic amines) is 1. The number of rotatable bonds is 3. The molecule has 6 heteroatoms. The molecule has 0 radical (unpaired) electrons. The largest absolute Gasteiger partial charge is 0.490 e. The molecule has 2 heterocycles. The van der Waals surface area contributed by atoms with E-state index in [0.717, 1.165) is 23.9 Å². The van der Waals surface area contributed by atoms with Gasteiger partial charge in [0, 0.05) is 38.5 Å². The van der Waals surface area contributed by atoms with Gasteiger partial charge in [0.25, 0.3) is 5.91 Å². The van der Waals surface area contributed by atoms with Crippen molar-refractivity contribution in [2.45, 2.75) is 18.9 Å². The molecule has 0 aliphatic carbocycles. The molecule has 4 rings (SSSR count). The van der Waals surface area contributed by atoms with E-state index in [1.165, 1.54) is 12.1 Å². The van der Waals surface area contributed by atoms with Crippen LogP contribution >= 0.6 is 0 Å². The highest BCUT2D eigenvalue weighted by atomic mass is 19.1. The average Bonchev–Trinajstić information content (AvgIpc) is 3.04. The second kappa shape index (κ2) is 6.78. The van der Waals surface area contributed by atoms with Crippen molar-refractivity contribution in [3.8, 4) is 5.75 Å². The molecule has 3 aromatic rings. The van der Waals surface area contributed by atoms with Crippen LogP contribution in [0.15, 0.2) is 48.8 Å². The second-order valence-corrected chi connectivity index (χ2v) is 6.62. The molecule has 134 valence electrons. The Morgan fingerprint density at radius 1 is 1.15 bits per heavy atom. The van der Waals surface area contributed by atoms with Gasteiger partial charge in [-0.2, -0.15) is 0 Å². The lowest BCUT2D eigenvalue weighted by atomic mass is 10.1. The normalized spacial score (nSPS) is 15.4. The zero-order valence-corrected chi connectivity index (χ0v) is 14.6.